The third-order valence-corrected chi connectivity index (χ3v) is 22.4. The molecule has 0 saturated carbocycles. The number of fused-ring (bicyclic) bond motifs is 8. The van der Waals surface area contributed by atoms with E-state index >= 15 is 0 Å². The molecule has 0 fully saturated rings. The van der Waals surface area contributed by atoms with Crippen molar-refractivity contribution in [3.8, 4) is 69.0 Å². The molecule has 8 N–H and O–H groups in total. The van der Waals surface area contributed by atoms with Gasteiger partial charge in [-0.15, -0.1) is 0 Å². The van der Waals surface area contributed by atoms with Gasteiger partial charge in [-0.25, -0.2) is 0 Å². The first kappa shape index (κ1) is 128. The van der Waals surface area contributed by atoms with Crippen LogP contribution in [0.25, 0.3) is 86.2 Å². The number of aromatic hydroxyl groups is 8. The zero-order valence-electron chi connectivity index (χ0n) is 72.3. The van der Waals surface area contributed by atoms with E-state index in [1.165, 1.54) is 12.1 Å². The van der Waals surface area contributed by atoms with Crippen molar-refractivity contribution in [1.82, 2.24) is 0 Å². The standard InChI is InChI=1S/C20H20O4.C20H20O3.C19H18O4.C19H18O3.C13H18O3.C12H16O3.12CH4/c1-4-20(2,3)19(23)24-18-13-8-6-5-7-12(13)11-15-14(18)9-10-16(21)17(15)22;1-4-20(2,3)19(22)23-18-15-11-7-5-9-13(15)17(21)14-10-6-8-12-16(14)18;1-3-11(2)19(22)23-18-13-7-5-4-6-12(13)10-15-14(18)8-9-16(20)17(15)21;1-3-12(2)19(21)22-18-15-10-6-4-8-13(15)17(20)14-9-5-7-11-16(14)18;1-4-13(2,3)12(15)16-9-10-5-7-11(14)8-6-10;1-3-9(2)12(14)15-8-10-4-6-11(13)7-5-10;;;;;;;;;;;;/h5-11,21-22H,4H2,1-3H3;5-12,21H,4H2,1-3H3;4-11,20-21H,3H2,1-2H3;4-12,20H,3H2,1-2H3;5-8,14H,4,9H2,1-3H3;4-7,9,13H,3,8H2,1-2H3;12*1H4. The van der Waals surface area contributed by atoms with Crippen LogP contribution in [0, 0.1) is 34.0 Å². The number of carbonyl (C=O) groups excluding carboxylic acids is 6. The molecule has 14 aromatic carbocycles. The maximum absolute atomic E-state index is 12.6. The van der Waals surface area contributed by atoms with Crippen molar-refractivity contribution in [3.63, 3.8) is 0 Å². The van der Waals surface area contributed by atoms with Gasteiger partial charge in [0.2, 0.25) is 0 Å². The largest absolute Gasteiger partial charge is 0.508 e. The lowest BCUT2D eigenvalue weighted by Gasteiger charge is -2.22. The maximum atomic E-state index is 12.6. The Morgan fingerprint density at radius 2 is 0.496 bits per heavy atom. The van der Waals surface area contributed by atoms with Crippen molar-refractivity contribution in [2.75, 3.05) is 0 Å². The lowest BCUT2D eigenvalue weighted by Crippen LogP contribution is -2.28. The molecule has 738 valence electrons. The summed E-state index contributed by atoms with van der Waals surface area (Å²) in [6, 6.07) is 67.6. The van der Waals surface area contributed by atoms with E-state index in [9.17, 15) is 59.4 Å². The minimum Gasteiger partial charge on any atom is -0.508 e. The Morgan fingerprint density at radius 1 is 0.259 bits per heavy atom. The molecular formula is C115H158O20. The van der Waals surface area contributed by atoms with Gasteiger partial charge in [-0.2, -0.15) is 0 Å². The summed E-state index contributed by atoms with van der Waals surface area (Å²) in [6.07, 6.45) is 4.30. The summed E-state index contributed by atoms with van der Waals surface area (Å²) in [4.78, 5) is 72.6. The number of carbonyl (C=O) groups is 6. The van der Waals surface area contributed by atoms with E-state index in [0.29, 0.717) is 85.4 Å². The monoisotopic (exact) mass is 1860 g/mol. The number of benzene rings is 14. The van der Waals surface area contributed by atoms with E-state index in [1.54, 1.807) is 72.8 Å². The first-order chi connectivity index (χ1) is 58.5. The summed E-state index contributed by atoms with van der Waals surface area (Å²) in [7, 11) is 0. The van der Waals surface area contributed by atoms with Crippen molar-refractivity contribution >= 4 is 122 Å². The van der Waals surface area contributed by atoms with Crippen LogP contribution >= 0.6 is 0 Å². The second kappa shape index (κ2) is 57.1. The highest BCUT2D eigenvalue weighted by Gasteiger charge is 2.32. The number of phenols is 8. The Labute approximate surface area is 804 Å². The first-order valence-corrected chi connectivity index (χ1v) is 41.3. The van der Waals surface area contributed by atoms with Crippen molar-refractivity contribution in [2.24, 2.45) is 34.0 Å². The SMILES string of the molecule is C.C.C.C.C.C.C.C.C.C.C.C.CCC(C)(C)C(=O)OCc1ccc(O)cc1.CCC(C)(C)C(=O)Oc1c2ccccc2c(O)c2ccccc12.CCC(C)(C)C(=O)Oc1c2ccccc2cc2c(O)c(O)ccc12.CCC(C)C(=O)OCc1ccc(O)cc1.CCC(C)C(=O)Oc1c2ccccc2c(O)c2ccccc12.CCC(C)C(=O)Oc1c2ccccc2cc2c(O)c(O)ccc12. The second-order valence-electron chi connectivity index (χ2n) is 32.2. The summed E-state index contributed by atoms with van der Waals surface area (Å²) >= 11 is 0. The third kappa shape index (κ3) is 31.0. The van der Waals surface area contributed by atoms with Crippen LogP contribution in [0.1, 0.15) is 243 Å². The Hall–Kier alpha value is -13.6. The molecule has 0 aliphatic carbocycles. The van der Waals surface area contributed by atoms with E-state index in [2.05, 4.69) is 0 Å². The van der Waals surface area contributed by atoms with Crippen LogP contribution in [-0.2, 0) is 51.5 Å². The minimum absolute atomic E-state index is 0. The summed E-state index contributed by atoms with van der Waals surface area (Å²) in [5.41, 5.74) is 0.154. The maximum Gasteiger partial charge on any atom is 0.316 e. The van der Waals surface area contributed by atoms with Gasteiger partial charge in [-0.3, -0.25) is 28.8 Å². The molecule has 0 aliphatic heterocycles. The number of hydrogen-bond donors (Lipinski definition) is 8. The number of rotatable bonds is 20. The fourth-order valence-corrected chi connectivity index (χ4v) is 12.3. The van der Waals surface area contributed by atoms with Gasteiger partial charge in [0.15, 0.2) is 23.0 Å². The van der Waals surface area contributed by atoms with E-state index in [-0.39, 0.29) is 202 Å². The highest BCUT2D eigenvalue weighted by atomic mass is 16.6. The molecular weight excluding hydrogens is 1700 g/mol. The van der Waals surface area contributed by atoms with Crippen molar-refractivity contribution in [1.29, 1.82) is 0 Å². The number of esters is 6. The Bertz CT molecular complexity index is 6010. The fraction of sp³-hybridized carbons (Fsp3) is 0.357. The van der Waals surface area contributed by atoms with Crippen LogP contribution in [-0.4, -0.2) is 76.7 Å². The van der Waals surface area contributed by atoms with Gasteiger partial charge >= 0.3 is 35.8 Å². The van der Waals surface area contributed by atoms with Crippen LogP contribution < -0.4 is 18.9 Å². The van der Waals surface area contributed by atoms with Crippen molar-refractivity contribution in [2.45, 2.75) is 245 Å². The quantitative estimate of drug-likeness (QED) is 0.0152. The molecule has 14 rings (SSSR count). The van der Waals surface area contributed by atoms with E-state index < -0.39 is 16.2 Å². The number of phenolic OH excluding ortho intramolecular Hbond substituents is 8. The van der Waals surface area contributed by atoms with Gasteiger partial charge in [0.1, 0.15) is 59.2 Å². The van der Waals surface area contributed by atoms with Gasteiger partial charge in [-0.05, 0) is 163 Å². The van der Waals surface area contributed by atoms with Gasteiger partial charge in [-0.1, -0.05) is 321 Å². The topological polar surface area (TPSA) is 320 Å². The van der Waals surface area contributed by atoms with Gasteiger partial charge in [0.05, 0.1) is 34.0 Å². The summed E-state index contributed by atoms with van der Waals surface area (Å²) < 4.78 is 33.2. The van der Waals surface area contributed by atoms with Gasteiger partial charge < -0.3 is 69.3 Å². The molecule has 3 atom stereocenters. The molecule has 0 radical (unpaired) electrons. The van der Waals surface area contributed by atoms with Crippen LogP contribution in [0.15, 0.2) is 231 Å². The summed E-state index contributed by atoms with van der Waals surface area (Å²) in [5.74, 6) is -0.0562. The normalized spacial score (nSPS) is 10.9. The van der Waals surface area contributed by atoms with Crippen LogP contribution in [0.3, 0.4) is 0 Å². The molecule has 0 aromatic heterocycles. The highest BCUT2D eigenvalue weighted by Crippen LogP contribution is 2.48. The van der Waals surface area contributed by atoms with Crippen molar-refractivity contribution in [3.05, 3.63) is 242 Å². The van der Waals surface area contributed by atoms with E-state index in [1.807, 2.05) is 249 Å². The average molecular weight is 1860 g/mol. The molecule has 20 nitrogen and oxygen atoms in total. The Kier molecular flexibility index (Phi) is 54.0. The molecule has 0 aliphatic rings. The molecule has 0 saturated heterocycles. The lowest BCUT2D eigenvalue weighted by molar-refractivity contribution is -0.155. The fourth-order valence-electron chi connectivity index (χ4n) is 12.3. The Morgan fingerprint density at radius 3 is 0.793 bits per heavy atom. The second-order valence-corrected chi connectivity index (χ2v) is 32.2. The van der Waals surface area contributed by atoms with Gasteiger partial charge in [0.25, 0.3) is 0 Å². The van der Waals surface area contributed by atoms with E-state index in [0.717, 1.165) is 73.5 Å². The predicted octanol–water partition coefficient (Wildman–Crippen LogP) is 31.8. The van der Waals surface area contributed by atoms with Crippen LogP contribution in [0.5, 0.6) is 69.0 Å². The zero-order chi connectivity index (χ0) is 89.8. The lowest BCUT2D eigenvalue weighted by atomic mass is 9.90. The molecule has 14 aromatic rings. The molecule has 3 unspecified atom stereocenters. The molecule has 0 bridgehead atoms. The molecule has 0 heterocycles. The van der Waals surface area contributed by atoms with Gasteiger partial charge in [0, 0.05) is 75.4 Å². The predicted molar refractivity (Wildman–Crippen MR) is 566 cm³/mol. The number of hydrogen-bond acceptors (Lipinski definition) is 20. The third-order valence-electron chi connectivity index (χ3n) is 22.4. The molecule has 0 spiro atoms. The zero-order valence-corrected chi connectivity index (χ0v) is 72.3. The highest BCUT2D eigenvalue weighted by molar-refractivity contribution is 6.14. The summed E-state index contributed by atoms with van der Waals surface area (Å²) in [5, 5.41) is 90.0. The van der Waals surface area contributed by atoms with Crippen LogP contribution in [0.2, 0.25) is 0 Å². The first-order valence-electron chi connectivity index (χ1n) is 41.3. The Balaban J connectivity index is -0.000000755. The van der Waals surface area contributed by atoms with Crippen molar-refractivity contribution < 1.29 is 98.0 Å². The summed E-state index contributed by atoms with van der Waals surface area (Å²) in [6.45, 7) is 28.9. The van der Waals surface area contributed by atoms with E-state index in [4.69, 9.17) is 38.6 Å². The minimum atomic E-state index is -0.609. The molecule has 135 heavy (non-hydrogen) atoms. The smallest absolute Gasteiger partial charge is 0.316 e. The average Bonchev–Trinajstić information content (AvgIpc) is 0.770. The molecule has 20 heteroatoms. The van der Waals surface area contributed by atoms with Crippen LogP contribution in [0.4, 0.5) is 0 Å². The molecule has 0 amide bonds. The number of ether oxygens (including phenoxy) is 6.